The van der Waals surface area contributed by atoms with Gasteiger partial charge in [-0.2, -0.15) is 0 Å². The summed E-state index contributed by atoms with van der Waals surface area (Å²) in [6.45, 7) is 4.22. The molecule has 0 radical (unpaired) electrons. The van der Waals surface area contributed by atoms with Gasteiger partial charge in [0.25, 0.3) is 0 Å². The number of carbonyl (C=O) groups excluding carboxylic acids is 3. The van der Waals surface area contributed by atoms with E-state index in [4.69, 9.17) is 18.9 Å². The summed E-state index contributed by atoms with van der Waals surface area (Å²) in [5.41, 5.74) is -0.502. The van der Waals surface area contributed by atoms with Crippen LogP contribution in [0, 0.1) is 0 Å². The zero-order chi connectivity index (χ0) is 32.0. The molecule has 9 nitrogen and oxygen atoms in total. The van der Waals surface area contributed by atoms with E-state index in [9.17, 15) is 24.6 Å². The van der Waals surface area contributed by atoms with E-state index in [1.54, 1.807) is 30.3 Å². The first-order valence-electron chi connectivity index (χ1n) is 16.0. The van der Waals surface area contributed by atoms with E-state index < -0.39 is 29.3 Å². The van der Waals surface area contributed by atoms with E-state index in [2.05, 4.69) is 13.8 Å². The maximum atomic E-state index is 13.4. The van der Waals surface area contributed by atoms with Gasteiger partial charge in [0.15, 0.2) is 17.1 Å². The van der Waals surface area contributed by atoms with Crippen LogP contribution in [0.1, 0.15) is 118 Å². The highest BCUT2D eigenvalue weighted by molar-refractivity contribution is 5.97. The fourth-order valence-electron chi connectivity index (χ4n) is 6.03. The topological polar surface area (TPSA) is 129 Å². The molecule has 2 aliphatic heterocycles. The van der Waals surface area contributed by atoms with Crippen molar-refractivity contribution in [3.05, 3.63) is 70.8 Å². The Morgan fingerprint density at radius 2 is 1.36 bits per heavy atom. The lowest BCUT2D eigenvalue weighted by Crippen LogP contribution is -2.34. The summed E-state index contributed by atoms with van der Waals surface area (Å²) in [7, 11) is 0. The predicted molar refractivity (Wildman–Crippen MR) is 166 cm³/mol. The number of phenolic OH excluding ortho intramolecular Hbond substituents is 2. The molecular weight excluding hydrogens is 576 g/mol. The maximum absolute atomic E-state index is 13.4. The molecule has 2 heterocycles. The lowest BCUT2D eigenvalue weighted by molar-refractivity contribution is -0.137. The molecule has 2 N–H and O–H groups in total. The number of unbranched alkanes of at least 4 members (excludes halogenated alkanes) is 8. The van der Waals surface area contributed by atoms with Crippen LogP contribution >= 0.6 is 0 Å². The number of phenols is 2. The second-order valence-corrected chi connectivity index (χ2v) is 11.6. The third-order valence-corrected chi connectivity index (χ3v) is 8.27. The third-order valence-electron chi connectivity index (χ3n) is 8.27. The first-order valence-corrected chi connectivity index (χ1v) is 16.0. The Kier molecular flexibility index (Phi) is 9.96. The second kappa shape index (κ2) is 14.1. The average molecular weight is 617 g/mol. The Morgan fingerprint density at radius 1 is 0.733 bits per heavy atom. The lowest BCUT2D eigenvalue weighted by Gasteiger charge is -2.37. The quantitative estimate of drug-likeness (QED) is 0.105. The largest absolute Gasteiger partial charge is 0.508 e. The molecule has 238 valence electrons. The Hall–Kier alpha value is -4.53. The van der Waals surface area contributed by atoms with Gasteiger partial charge in [-0.1, -0.05) is 83.4 Å². The fourth-order valence-corrected chi connectivity index (χ4v) is 6.03. The summed E-state index contributed by atoms with van der Waals surface area (Å²) in [4.78, 5) is 39.7. The average Bonchev–Trinajstić information content (AvgIpc) is 3.30. The van der Waals surface area contributed by atoms with Crippen LogP contribution in [0.15, 0.2) is 48.5 Å². The van der Waals surface area contributed by atoms with Gasteiger partial charge >= 0.3 is 17.9 Å². The van der Waals surface area contributed by atoms with Crippen LogP contribution in [-0.4, -0.2) is 28.1 Å². The van der Waals surface area contributed by atoms with Crippen LogP contribution in [0.2, 0.25) is 0 Å². The van der Waals surface area contributed by atoms with Gasteiger partial charge < -0.3 is 29.2 Å². The highest BCUT2D eigenvalue weighted by Gasteiger charge is 2.56. The molecule has 3 aromatic carbocycles. The van der Waals surface area contributed by atoms with Gasteiger partial charge in [0.05, 0.1) is 11.1 Å². The first-order chi connectivity index (χ1) is 21.8. The standard InChI is InChI=1S/C36H40O9/c1-3-5-7-9-11-17-30(39)43-33-27(38)22-29-32(34(33)44-31(40)18-12-10-8-6-4-2)36(26-20-19-23(37)21-28(26)42-29)25-16-14-13-15-24(25)35(41)45-36/h13-16,19-22,37-38H,3-12,17-18H2,1-2H3. The fraction of sp³-hybridized carbons (Fsp3) is 0.417. The molecule has 45 heavy (non-hydrogen) atoms. The van der Waals surface area contributed by atoms with Gasteiger partial charge in [-0.25, -0.2) is 4.79 Å². The van der Waals surface area contributed by atoms with Crippen molar-refractivity contribution in [2.24, 2.45) is 0 Å². The van der Waals surface area contributed by atoms with Gasteiger partial charge in [0.1, 0.15) is 17.2 Å². The molecule has 0 aromatic heterocycles. The number of rotatable bonds is 14. The van der Waals surface area contributed by atoms with E-state index in [1.807, 2.05) is 0 Å². The summed E-state index contributed by atoms with van der Waals surface area (Å²) in [6, 6.07) is 12.4. The summed E-state index contributed by atoms with van der Waals surface area (Å²) >= 11 is 0. The smallest absolute Gasteiger partial charge is 0.340 e. The van der Waals surface area contributed by atoms with E-state index in [0.29, 0.717) is 24.0 Å². The molecule has 9 heteroatoms. The van der Waals surface area contributed by atoms with Crippen molar-refractivity contribution in [2.45, 2.75) is 96.5 Å². The first kappa shape index (κ1) is 31.9. The van der Waals surface area contributed by atoms with Crippen molar-refractivity contribution in [2.75, 3.05) is 0 Å². The van der Waals surface area contributed by atoms with Crippen molar-refractivity contribution in [3.8, 4) is 34.5 Å². The molecule has 0 fully saturated rings. The van der Waals surface area contributed by atoms with Crippen molar-refractivity contribution in [1.82, 2.24) is 0 Å². The Bertz CT molecular complexity index is 1580. The van der Waals surface area contributed by atoms with Crippen LogP contribution < -0.4 is 14.2 Å². The molecule has 2 aliphatic rings. The van der Waals surface area contributed by atoms with E-state index in [1.165, 1.54) is 18.2 Å². The Morgan fingerprint density at radius 3 is 2.02 bits per heavy atom. The normalized spacial score (nSPS) is 15.9. The molecule has 3 aromatic rings. The molecule has 5 rings (SSSR count). The third kappa shape index (κ3) is 6.48. The number of benzene rings is 3. The van der Waals surface area contributed by atoms with Crippen molar-refractivity contribution >= 4 is 17.9 Å². The van der Waals surface area contributed by atoms with Gasteiger partial charge in [-0.15, -0.1) is 0 Å². The number of esters is 3. The number of ether oxygens (including phenoxy) is 4. The molecule has 0 amide bonds. The zero-order valence-corrected chi connectivity index (χ0v) is 25.9. The van der Waals surface area contributed by atoms with E-state index >= 15 is 0 Å². The van der Waals surface area contributed by atoms with Crippen LogP contribution in [0.25, 0.3) is 0 Å². The van der Waals surface area contributed by atoms with Crippen LogP contribution in [-0.2, 0) is 19.9 Å². The molecule has 1 unspecified atom stereocenters. The van der Waals surface area contributed by atoms with Gasteiger partial charge in [0.2, 0.25) is 5.75 Å². The lowest BCUT2D eigenvalue weighted by atomic mass is 9.77. The molecular formula is C36H40O9. The Labute approximate surface area is 263 Å². The number of aromatic hydroxyl groups is 2. The van der Waals surface area contributed by atoms with Crippen molar-refractivity contribution < 1.29 is 43.5 Å². The van der Waals surface area contributed by atoms with Crippen LogP contribution in [0.5, 0.6) is 34.5 Å². The van der Waals surface area contributed by atoms with Crippen LogP contribution in [0.4, 0.5) is 0 Å². The summed E-state index contributed by atoms with van der Waals surface area (Å²) < 4.78 is 24.0. The number of fused-ring (bicyclic) bond motifs is 6. The molecule has 0 aliphatic carbocycles. The number of carbonyl (C=O) groups is 3. The highest BCUT2D eigenvalue weighted by Crippen LogP contribution is 2.62. The summed E-state index contributed by atoms with van der Waals surface area (Å²) in [5.74, 6) is -2.81. The molecule has 0 saturated carbocycles. The SMILES string of the molecule is CCCCCCCC(=O)Oc1c(O)cc2c(c1OC(=O)CCCCCCC)C1(OC(=O)c3ccccc31)c1ccc(O)cc1O2. The van der Waals surface area contributed by atoms with Crippen LogP contribution in [0.3, 0.4) is 0 Å². The number of hydrogen-bond acceptors (Lipinski definition) is 9. The van der Waals surface area contributed by atoms with Gasteiger partial charge in [0, 0.05) is 36.1 Å². The molecule has 1 atom stereocenters. The van der Waals surface area contributed by atoms with Gasteiger partial charge in [-0.3, -0.25) is 9.59 Å². The summed E-state index contributed by atoms with van der Waals surface area (Å²) in [5, 5.41) is 21.5. The number of hydrogen-bond donors (Lipinski definition) is 2. The minimum Gasteiger partial charge on any atom is -0.508 e. The van der Waals surface area contributed by atoms with E-state index in [0.717, 1.165) is 51.4 Å². The zero-order valence-electron chi connectivity index (χ0n) is 25.9. The minimum absolute atomic E-state index is 0.0141. The maximum Gasteiger partial charge on any atom is 0.340 e. The second-order valence-electron chi connectivity index (χ2n) is 11.6. The Balaban J connectivity index is 1.62. The monoisotopic (exact) mass is 616 g/mol. The van der Waals surface area contributed by atoms with E-state index in [-0.39, 0.29) is 52.7 Å². The molecule has 0 saturated heterocycles. The van der Waals surface area contributed by atoms with Gasteiger partial charge in [-0.05, 0) is 31.0 Å². The highest BCUT2D eigenvalue weighted by atomic mass is 16.6. The molecule has 1 spiro atoms. The minimum atomic E-state index is -1.70. The van der Waals surface area contributed by atoms with Crippen molar-refractivity contribution in [1.29, 1.82) is 0 Å². The predicted octanol–water partition coefficient (Wildman–Crippen LogP) is 8.20. The summed E-state index contributed by atoms with van der Waals surface area (Å²) in [6.07, 6.45) is 9.33. The molecule has 0 bridgehead atoms. The van der Waals surface area contributed by atoms with Crippen molar-refractivity contribution in [3.63, 3.8) is 0 Å².